The third kappa shape index (κ3) is 3.48. The fourth-order valence-electron chi connectivity index (χ4n) is 2.08. The van der Waals surface area contributed by atoms with Crippen LogP contribution in [0.15, 0.2) is 53.0 Å². The Bertz CT molecular complexity index is 593. The zero-order chi connectivity index (χ0) is 14.5. The number of ketones is 1. The molecule has 104 valence electrons. The predicted molar refractivity (Wildman–Crippen MR) is 84.3 cm³/mol. The van der Waals surface area contributed by atoms with Crippen LogP contribution < -0.4 is 4.74 Å². The minimum Gasteiger partial charge on any atom is -0.497 e. The number of hydrogen-bond donors (Lipinski definition) is 0. The molecule has 2 rings (SSSR count). The molecule has 0 saturated carbocycles. The van der Waals surface area contributed by atoms with E-state index in [1.165, 1.54) is 0 Å². The number of halogens is 1. The molecule has 0 aromatic heterocycles. The van der Waals surface area contributed by atoms with Crippen molar-refractivity contribution in [3.8, 4) is 5.75 Å². The van der Waals surface area contributed by atoms with Gasteiger partial charge in [0.15, 0.2) is 0 Å². The lowest BCUT2D eigenvalue weighted by Gasteiger charge is -2.12. The minimum atomic E-state index is -0.102. The van der Waals surface area contributed by atoms with Crippen molar-refractivity contribution >= 4 is 21.7 Å². The molecule has 0 radical (unpaired) electrons. The van der Waals surface area contributed by atoms with Crippen LogP contribution in [0.5, 0.6) is 5.75 Å². The van der Waals surface area contributed by atoms with Crippen molar-refractivity contribution in [3.63, 3.8) is 0 Å². The second-order valence-corrected chi connectivity index (χ2v) is 5.59. The number of Topliss-reactive ketones (excluding diaryl/α,β-unsaturated/α-hetero) is 1. The summed E-state index contributed by atoms with van der Waals surface area (Å²) < 4.78 is 6.14. The van der Waals surface area contributed by atoms with Crippen LogP contribution >= 0.6 is 15.9 Å². The van der Waals surface area contributed by atoms with Gasteiger partial charge in [0.25, 0.3) is 0 Å². The van der Waals surface area contributed by atoms with Crippen LogP contribution in [0.1, 0.15) is 24.0 Å². The molecule has 0 aliphatic carbocycles. The van der Waals surface area contributed by atoms with Crippen LogP contribution in [-0.4, -0.2) is 12.9 Å². The third-order valence-electron chi connectivity index (χ3n) is 3.40. The first-order chi connectivity index (χ1) is 9.61. The summed E-state index contributed by atoms with van der Waals surface area (Å²) in [5.74, 6) is 0.864. The smallest absolute Gasteiger partial charge is 0.144 e. The highest BCUT2D eigenvalue weighted by molar-refractivity contribution is 9.10. The van der Waals surface area contributed by atoms with E-state index in [1.807, 2.05) is 55.5 Å². The molecule has 0 fully saturated rings. The molecule has 20 heavy (non-hydrogen) atoms. The third-order valence-corrected chi connectivity index (χ3v) is 4.17. The Kier molecular flexibility index (Phi) is 4.96. The second kappa shape index (κ2) is 6.71. The first-order valence-corrected chi connectivity index (χ1v) is 7.31. The standard InChI is InChI=1S/C17H17BrO2/c1-12(13-6-4-3-5-7-13)17(19)11-14-10-15(20-2)8-9-16(14)18/h3-10,12H,11H2,1-2H3. The highest BCUT2D eigenvalue weighted by Crippen LogP contribution is 2.25. The molecule has 0 aliphatic heterocycles. The average molecular weight is 333 g/mol. The number of hydrogen-bond acceptors (Lipinski definition) is 2. The van der Waals surface area contributed by atoms with E-state index in [0.29, 0.717) is 6.42 Å². The molecule has 2 aromatic rings. The van der Waals surface area contributed by atoms with Gasteiger partial charge in [0.1, 0.15) is 11.5 Å². The van der Waals surface area contributed by atoms with E-state index in [-0.39, 0.29) is 11.7 Å². The number of carbonyl (C=O) groups is 1. The fraction of sp³-hybridized carbons (Fsp3) is 0.235. The van der Waals surface area contributed by atoms with Crippen LogP contribution in [0.4, 0.5) is 0 Å². The number of carbonyl (C=O) groups excluding carboxylic acids is 1. The van der Waals surface area contributed by atoms with Gasteiger partial charge in [0.05, 0.1) is 7.11 Å². The maximum atomic E-state index is 12.4. The number of methoxy groups -OCH3 is 1. The van der Waals surface area contributed by atoms with Gasteiger partial charge in [-0.05, 0) is 29.3 Å². The van der Waals surface area contributed by atoms with E-state index in [9.17, 15) is 4.79 Å². The van der Waals surface area contributed by atoms with Gasteiger partial charge in [-0.3, -0.25) is 4.79 Å². The first kappa shape index (κ1) is 14.8. The molecule has 1 atom stereocenters. The zero-order valence-electron chi connectivity index (χ0n) is 11.6. The Balaban J connectivity index is 2.15. The largest absolute Gasteiger partial charge is 0.497 e. The Labute approximate surface area is 127 Å². The van der Waals surface area contributed by atoms with Crippen molar-refractivity contribution in [2.75, 3.05) is 7.11 Å². The summed E-state index contributed by atoms with van der Waals surface area (Å²) in [6, 6.07) is 15.5. The summed E-state index contributed by atoms with van der Waals surface area (Å²) in [6.45, 7) is 1.95. The fourth-order valence-corrected chi connectivity index (χ4v) is 2.47. The number of ether oxygens (including phenoxy) is 1. The molecule has 2 nitrogen and oxygen atoms in total. The molecule has 0 bridgehead atoms. The van der Waals surface area contributed by atoms with E-state index in [0.717, 1.165) is 21.3 Å². The summed E-state index contributed by atoms with van der Waals surface area (Å²) >= 11 is 3.49. The SMILES string of the molecule is COc1ccc(Br)c(CC(=O)C(C)c2ccccc2)c1. The zero-order valence-corrected chi connectivity index (χ0v) is 13.2. The Morgan fingerprint density at radius 2 is 1.90 bits per heavy atom. The van der Waals surface area contributed by atoms with E-state index in [4.69, 9.17) is 4.74 Å². The van der Waals surface area contributed by atoms with Gasteiger partial charge in [-0.15, -0.1) is 0 Å². The summed E-state index contributed by atoms with van der Waals surface area (Å²) in [7, 11) is 1.63. The number of rotatable bonds is 5. The highest BCUT2D eigenvalue weighted by Gasteiger charge is 2.16. The molecule has 0 amide bonds. The monoisotopic (exact) mass is 332 g/mol. The molecule has 1 unspecified atom stereocenters. The van der Waals surface area contributed by atoms with E-state index < -0.39 is 0 Å². The van der Waals surface area contributed by atoms with Gasteiger partial charge in [0.2, 0.25) is 0 Å². The maximum Gasteiger partial charge on any atom is 0.144 e. The topological polar surface area (TPSA) is 26.3 Å². The van der Waals surface area contributed by atoms with Crippen molar-refractivity contribution in [1.82, 2.24) is 0 Å². The quantitative estimate of drug-likeness (QED) is 0.812. The molecular weight excluding hydrogens is 316 g/mol. The van der Waals surface area contributed by atoms with E-state index in [1.54, 1.807) is 7.11 Å². The van der Waals surface area contributed by atoms with Crippen LogP contribution in [0.2, 0.25) is 0 Å². The van der Waals surface area contributed by atoms with Crippen molar-refractivity contribution in [3.05, 3.63) is 64.1 Å². The normalized spacial score (nSPS) is 11.9. The van der Waals surface area contributed by atoms with Crippen LogP contribution in [0.25, 0.3) is 0 Å². The van der Waals surface area contributed by atoms with E-state index >= 15 is 0 Å². The minimum absolute atomic E-state index is 0.102. The molecule has 0 heterocycles. The van der Waals surface area contributed by atoms with Crippen LogP contribution in [-0.2, 0) is 11.2 Å². The van der Waals surface area contributed by atoms with Gasteiger partial charge in [-0.2, -0.15) is 0 Å². The van der Waals surface area contributed by atoms with Crippen LogP contribution in [0, 0.1) is 0 Å². The summed E-state index contributed by atoms with van der Waals surface area (Å²) in [4.78, 5) is 12.4. The second-order valence-electron chi connectivity index (χ2n) is 4.73. The lowest BCUT2D eigenvalue weighted by molar-refractivity contribution is -0.119. The lowest BCUT2D eigenvalue weighted by atomic mass is 9.93. The summed E-state index contributed by atoms with van der Waals surface area (Å²) in [5.41, 5.74) is 2.01. The maximum absolute atomic E-state index is 12.4. The van der Waals surface area contributed by atoms with Crippen molar-refractivity contribution in [2.24, 2.45) is 0 Å². The molecule has 0 saturated heterocycles. The van der Waals surface area contributed by atoms with Crippen molar-refractivity contribution in [2.45, 2.75) is 19.3 Å². The molecule has 0 aliphatic rings. The first-order valence-electron chi connectivity index (χ1n) is 6.52. The number of benzene rings is 2. The molecule has 2 aromatic carbocycles. The van der Waals surface area contributed by atoms with Gasteiger partial charge < -0.3 is 4.74 Å². The van der Waals surface area contributed by atoms with Crippen molar-refractivity contribution < 1.29 is 9.53 Å². The van der Waals surface area contributed by atoms with Gasteiger partial charge in [-0.25, -0.2) is 0 Å². The average Bonchev–Trinajstić information content (AvgIpc) is 2.49. The molecule has 3 heteroatoms. The Morgan fingerprint density at radius 3 is 2.55 bits per heavy atom. The summed E-state index contributed by atoms with van der Waals surface area (Å²) in [5, 5.41) is 0. The Morgan fingerprint density at radius 1 is 1.20 bits per heavy atom. The van der Waals surface area contributed by atoms with Gasteiger partial charge in [-0.1, -0.05) is 53.2 Å². The van der Waals surface area contributed by atoms with Crippen molar-refractivity contribution in [1.29, 1.82) is 0 Å². The summed E-state index contributed by atoms with van der Waals surface area (Å²) in [6.07, 6.45) is 0.397. The molecular formula is C17H17BrO2. The molecule has 0 spiro atoms. The molecule has 0 N–H and O–H groups in total. The van der Waals surface area contributed by atoms with Crippen LogP contribution in [0.3, 0.4) is 0 Å². The predicted octanol–water partition coefficient (Wildman–Crippen LogP) is 4.37. The van der Waals surface area contributed by atoms with Gasteiger partial charge in [0, 0.05) is 16.8 Å². The van der Waals surface area contributed by atoms with Gasteiger partial charge >= 0.3 is 0 Å². The van der Waals surface area contributed by atoms with E-state index in [2.05, 4.69) is 15.9 Å². The Hall–Kier alpha value is -1.61. The highest BCUT2D eigenvalue weighted by atomic mass is 79.9. The lowest BCUT2D eigenvalue weighted by Crippen LogP contribution is -2.12.